The van der Waals surface area contributed by atoms with E-state index in [0.29, 0.717) is 23.9 Å². The quantitative estimate of drug-likeness (QED) is 0.853. The van der Waals surface area contributed by atoms with E-state index in [1.54, 1.807) is 7.11 Å². The Morgan fingerprint density at radius 2 is 2.16 bits per heavy atom. The van der Waals surface area contributed by atoms with Gasteiger partial charge in [-0.1, -0.05) is 12.1 Å². The lowest BCUT2D eigenvalue weighted by Gasteiger charge is -2.37. The first-order chi connectivity index (χ1) is 9.27. The maximum atomic E-state index is 12.7. The average molecular weight is 262 g/mol. The Morgan fingerprint density at radius 1 is 1.42 bits per heavy atom. The number of amides is 1. The van der Waals surface area contributed by atoms with Gasteiger partial charge in [-0.25, -0.2) is 0 Å². The molecule has 0 unspecified atom stereocenters. The zero-order valence-corrected chi connectivity index (χ0v) is 11.5. The van der Waals surface area contributed by atoms with Crippen molar-refractivity contribution in [2.24, 2.45) is 5.73 Å². The molecule has 1 amide bonds. The second-order valence-corrected chi connectivity index (χ2v) is 4.93. The third-order valence-electron chi connectivity index (χ3n) is 3.72. The highest BCUT2D eigenvalue weighted by Crippen LogP contribution is 2.28. The van der Waals surface area contributed by atoms with E-state index in [9.17, 15) is 4.79 Å². The minimum absolute atomic E-state index is 0.0654. The molecule has 0 bridgehead atoms. The van der Waals surface area contributed by atoms with Gasteiger partial charge in [-0.15, -0.1) is 0 Å². The molecule has 19 heavy (non-hydrogen) atoms. The molecule has 1 aliphatic carbocycles. The molecule has 0 heterocycles. The Kier molecular flexibility index (Phi) is 4.80. The Balaban J connectivity index is 2.17. The van der Waals surface area contributed by atoms with Crippen LogP contribution in [0.25, 0.3) is 0 Å². The van der Waals surface area contributed by atoms with Crippen LogP contribution in [0.2, 0.25) is 0 Å². The molecule has 0 aliphatic heterocycles. The molecule has 1 fully saturated rings. The van der Waals surface area contributed by atoms with E-state index in [4.69, 9.17) is 10.5 Å². The summed E-state index contributed by atoms with van der Waals surface area (Å²) in [4.78, 5) is 14.6. The number of benzene rings is 1. The predicted octanol–water partition coefficient (Wildman–Crippen LogP) is 2.04. The van der Waals surface area contributed by atoms with E-state index in [1.807, 2.05) is 29.2 Å². The summed E-state index contributed by atoms with van der Waals surface area (Å²) in [7, 11) is 1.60. The lowest BCUT2D eigenvalue weighted by molar-refractivity contribution is 0.0575. The van der Waals surface area contributed by atoms with Crippen LogP contribution in [0.15, 0.2) is 24.3 Å². The fraction of sp³-hybridized carbons (Fsp3) is 0.533. The standard InChI is InChI=1S/C15H22N2O2/c1-19-14-9-3-2-8-13(14)15(18)17(11-5-10-16)12-6-4-7-12/h2-3,8-9,12H,4-7,10-11,16H2,1H3. The zero-order valence-electron chi connectivity index (χ0n) is 11.5. The van der Waals surface area contributed by atoms with Gasteiger partial charge in [0, 0.05) is 12.6 Å². The molecular weight excluding hydrogens is 240 g/mol. The normalized spacial score (nSPS) is 14.8. The number of ether oxygens (including phenoxy) is 1. The van der Waals surface area contributed by atoms with E-state index in [0.717, 1.165) is 25.8 Å². The number of carbonyl (C=O) groups is 1. The SMILES string of the molecule is COc1ccccc1C(=O)N(CCCN)C1CCC1. The summed E-state index contributed by atoms with van der Waals surface area (Å²) in [6.45, 7) is 1.35. The highest BCUT2D eigenvalue weighted by molar-refractivity contribution is 5.97. The number of hydrogen-bond acceptors (Lipinski definition) is 3. The minimum atomic E-state index is 0.0654. The van der Waals surface area contributed by atoms with Crippen molar-refractivity contribution < 1.29 is 9.53 Å². The van der Waals surface area contributed by atoms with Gasteiger partial charge in [-0.05, 0) is 44.4 Å². The van der Waals surface area contributed by atoms with E-state index in [1.165, 1.54) is 6.42 Å². The van der Waals surface area contributed by atoms with Gasteiger partial charge in [0.25, 0.3) is 5.91 Å². The molecule has 0 radical (unpaired) electrons. The summed E-state index contributed by atoms with van der Waals surface area (Å²) in [5, 5.41) is 0. The van der Waals surface area contributed by atoms with Crippen LogP contribution in [0.5, 0.6) is 5.75 Å². The Bertz CT molecular complexity index is 430. The van der Waals surface area contributed by atoms with Crippen molar-refractivity contribution in [3.05, 3.63) is 29.8 Å². The third kappa shape index (κ3) is 3.07. The first kappa shape index (κ1) is 13.9. The van der Waals surface area contributed by atoms with Crippen LogP contribution in [0.3, 0.4) is 0 Å². The van der Waals surface area contributed by atoms with Gasteiger partial charge in [-0.2, -0.15) is 0 Å². The van der Waals surface area contributed by atoms with Crippen LogP contribution in [-0.2, 0) is 0 Å². The third-order valence-corrected chi connectivity index (χ3v) is 3.72. The first-order valence-corrected chi connectivity index (χ1v) is 6.92. The Hall–Kier alpha value is -1.55. The van der Waals surface area contributed by atoms with E-state index in [2.05, 4.69) is 0 Å². The Labute approximate surface area is 114 Å². The number of rotatable bonds is 6. The number of methoxy groups -OCH3 is 1. The molecule has 1 aromatic carbocycles. The monoisotopic (exact) mass is 262 g/mol. The van der Waals surface area contributed by atoms with Crippen molar-refractivity contribution in [3.63, 3.8) is 0 Å². The van der Waals surface area contributed by atoms with Crippen LogP contribution in [0.4, 0.5) is 0 Å². The fourth-order valence-electron chi connectivity index (χ4n) is 2.39. The smallest absolute Gasteiger partial charge is 0.257 e. The number of nitrogens with two attached hydrogens (primary N) is 1. The number of hydrogen-bond donors (Lipinski definition) is 1. The van der Waals surface area contributed by atoms with E-state index >= 15 is 0 Å². The summed E-state index contributed by atoms with van der Waals surface area (Å²) in [6.07, 6.45) is 4.26. The summed E-state index contributed by atoms with van der Waals surface area (Å²) in [5.41, 5.74) is 6.22. The van der Waals surface area contributed by atoms with E-state index < -0.39 is 0 Å². The van der Waals surface area contributed by atoms with Crippen molar-refractivity contribution in [2.75, 3.05) is 20.2 Å². The van der Waals surface area contributed by atoms with Crippen molar-refractivity contribution in [3.8, 4) is 5.75 Å². The molecule has 4 nitrogen and oxygen atoms in total. The van der Waals surface area contributed by atoms with Crippen LogP contribution in [0.1, 0.15) is 36.0 Å². The summed E-state index contributed by atoms with van der Waals surface area (Å²) >= 11 is 0. The molecule has 2 rings (SSSR count). The van der Waals surface area contributed by atoms with Gasteiger partial charge in [0.15, 0.2) is 0 Å². The molecule has 0 atom stereocenters. The molecule has 2 N–H and O–H groups in total. The largest absolute Gasteiger partial charge is 0.496 e. The molecule has 1 aromatic rings. The highest BCUT2D eigenvalue weighted by Gasteiger charge is 2.30. The molecule has 0 aromatic heterocycles. The van der Waals surface area contributed by atoms with E-state index in [-0.39, 0.29) is 5.91 Å². The molecular formula is C15H22N2O2. The van der Waals surface area contributed by atoms with Crippen LogP contribution in [0, 0.1) is 0 Å². The van der Waals surface area contributed by atoms with Crippen molar-refractivity contribution in [1.82, 2.24) is 4.90 Å². The maximum absolute atomic E-state index is 12.7. The topological polar surface area (TPSA) is 55.6 Å². The summed E-state index contributed by atoms with van der Waals surface area (Å²) in [6, 6.07) is 7.79. The number of para-hydroxylation sites is 1. The molecule has 0 spiro atoms. The second kappa shape index (κ2) is 6.57. The molecule has 1 aliphatic rings. The zero-order chi connectivity index (χ0) is 13.7. The highest BCUT2D eigenvalue weighted by atomic mass is 16.5. The van der Waals surface area contributed by atoms with Gasteiger partial charge in [0.1, 0.15) is 5.75 Å². The van der Waals surface area contributed by atoms with Crippen molar-refractivity contribution in [2.45, 2.75) is 31.7 Å². The van der Waals surface area contributed by atoms with Gasteiger partial charge in [0.2, 0.25) is 0 Å². The van der Waals surface area contributed by atoms with Crippen LogP contribution >= 0.6 is 0 Å². The summed E-state index contributed by atoms with van der Waals surface area (Å²) in [5.74, 6) is 0.708. The maximum Gasteiger partial charge on any atom is 0.257 e. The van der Waals surface area contributed by atoms with Crippen LogP contribution in [-0.4, -0.2) is 37.0 Å². The van der Waals surface area contributed by atoms with Gasteiger partial charge in [0.05, 0.1) is 12.7 Å². The predicted molar refractivity (Wildman–Crippen MR) is 75.3 cm³/mol. The summed E-state index contributed by atoms with van der Waals surface area (Å²) < 4.78 is 5.28. The number of nitrogens with zero attached hydrogens (tertiary/aromatic N) is 1. The lowest BCUT2D eigenvalue weighted by atomic mass is 9.90. The lowest BCUT2D eigenvalue weighted by Crippen LogP contribution is -2.45. The first-order valence-electron chi connectivity index (χ1n) is 6.92. The second-order valence-electron chi connectivity index (χ2n) is 4.93. The Morgan fingerprint density at radius 3 is 2.74 bits per heavy atom. The molecule has 1 saturated carbocycles. The van der Waals surface area contributed by atoms with Gasteiger partial charge < -0.3 is 15.4 Å². The van der Waals surface area contributed by atoms with Crippen molar-refractivity contribution in [1.29, 1.82) is 0 Å². The fourth-order valence-corrected chi connectivity index (χ4v) is 2.39. The molecule has 0 saturated heterocycles. The van der Waals surface area contributed by atoms with Crippen LogP contribution < -0.4 is 10.5 Å². The average Bonchev–Trinajstić information content (AvgIpc) is 2.40. The van der Waals surface area contributed by atoms with Gasteiger partial charge in [-0.3, -0.25) is 4.79 Å². The van der Waals surface area contributed by atoms with Gasteiger partial charge >= 0.3 is 0 Å². The number of carbonyl (C=O) groups excluding carboxylic acids is 1. The molecule has 104 valence electrons. The minimum Gasteiger partial charge on any atom is -0.496 e. The molecule has 4 heteroatoms. The van der Waals surface area contributed by atoms with Crippen molar-refractivity contribution >= 4 is 5.91 Å².